The molecule has 0 aliphatic rings. The minimum atomic E-state index is -0.299. The number of aryl methyl sites for hydroxylation is 1. The van der Waals surface area contributed by atoms with Gasteiger partial charge in [-0.3, -0.25) is 9.59 Å². The lowest BCUT2D eigenvalue weighted by molar-refractivity contribution is -0.117. The smallest absolute Gasteiger partial charge is 0.254 e. The second-order valence-corrected chi connectivity index (χ2v) is 9.98. The Hall–Kier alpha value is -3.90. The van der Waals surface area contributed by atoms with Gasteiger partial charge in [-0.15, -0.1) is 0 Å². The highest BCUT2D eigenvalue weighted by Gasteiger charge is 2.21. The molecule has 0 aliphatic heterocycles. The summed E-state index contributed by atoms with van der Waals surface area (Å²) in [6.45, 7) is 4.67. The van der Waals surface area contributed by atoms with Crippen LogP contribution in [0.4, 0.5) is 5.82 Å². The Morgan fingerprint density at radius 3 is 2.28 bits per heavy atom. The van der Waals surface area contributed by atoms with Gasteiger partial charge in [0.15, 0.2) is 0 Å². The lowest BCUT2D eigenvalue weighted by Gasteiger charge is -2.22. The van der Waals surface area contributed by atoms with Crippen LogP contribution in [-0.2, 0) is 11.2 Å². The Morgan fingerprint density at radius 2 is 1.59 bits per heavy atom. The number of para-hydroxylation sites is 1. The number of unbranched alkanes of at least 4 members (excludes halogenated alkanes) is 2. The van der Waals surface area contributed by atoms with E-state index in [1.54, 1.807) is 15.6 Å². The lowest BCUT2D eigenvalue weighted by Crippen LogP contribution is -2.39. The number of carbonyl (C=O) groups is 2. The van der Waals surface area contributed by atoms with Crippen molar-refractivity contribution in [3.05, 3.63) is 101 Å². The number of hydrogen-bond acceptors (Lipinski definition) is 3. The monoisotopic (exact) mass is 542 g/mol. The molecule has 1 heterocycles. The maximum absolute atomic E-state index is 13.4. The van der Waals surface area contributed by atoms with Crippen LogP contribution in [0.1, 0.15) is 55.5 Å². The first-order chi connectivity index (χ1) is 19.0. The van der Waals surface area contributed by atoms with Gasteiger partial charge in [-0.1, -0.05) is 92.9 Å². The molecule has 4 rings (SSSR count). The van der Waals surface area contributed by atoms with Gasteiger partial charge in [0, 0.05) is 23.7 Å². The summed E-state index contributed by atoms with van der Waals surface area (Å²) in [5.41, 5.74) is 4.08. The lowest BCUT2D eigenvalue weighted by atomic mass is 10.1. The van der Waals surface area contributed by atoms with E-state index in [1.165, 1.54) is 5.56 Å². The topological polar surface area (TPSA) is 67.2 Å². The molecule has 0 atom stereocenters. The zero-order valence-electron chi connectivity index (χ0n) is 22.6. The highest BCUT2D eigenvalue weighted by atomic mass is 35.5. The van der Waals surface area contributed by atoms with E-state index < -0.39 is 0 Å². The first kappa shape index (κ1) is 28.1. The van der Waals surface area contributed by atoms with Crippen molar-refractivity contribution in [1.82, 2.24) is 14.7 Å². The largest absolute Gasteiger partial charge is 0.329 e. The third kappa shape index (κ3) is 7.36. The summed E-state index contributed by atoms with van der Waals surface area (Å²) in [7, 11) is 0. The van der Waals surface area contributed by atoms with Crippen LogP contribution in [-0.4, -0.2) is 39.6 Å². The SMILES string of the molecule is CCCCc1ccc(C(=O)N(CCCC)CC(=O)Nc2cc(-c3ccccc3)nn2-c2ccccc2Cl)cc1. The molecule has 0 unspecified atom stereocenters. The van der Waals surface area contributed by atoms with E-state index in [0.29, 0.717) is 34.3 Å². The van der Waals surface area contributed by atoms with Crippen LogP contribution in [0.5, 0.6) is 0 Å². The van der Waals surface area contributed by atoms with Crippen LogP contribution in [0, 0.1) is 0 Å². The van der Waals surface area contributed by atoms with Crippen molar-refractivity contribution in [3.8, 4) is 16.9 Å². The fourth-order valence-corrected chi connectivity index (χ4v) is 4.58. The molecule has 0 saturated carbocycles. The molecule has 4 aromatic rings. The first-order valence-electron chi connectivity index (χ1n) is 13.6. The number of nitrogens with zero attached hydrogens (tertiary/aromatic N) is 3. The Bertz CT molecular complexity index is 1380. The molecule has 6 nitrogen and oxygen atoms in total. The molecule has 39 heavy (non-hydrogen) atoms. The molecule has 3 aromatic carbocycles. The molecule has 1 aromatic heterocycles. The number of hydrogen-bond donors (Lipinski definition) is 1. The Balaban J connectivity index is 1.56. The molecular weight excluding hydrogens is 508 g/mol. The number of rotatable bonds is 12. The van der Waals surface area contributed by atoms with Crippen LogP contribution < -0.4 is 5.32 Å². The van der Waals surface area contributed by atoms with Crippen LogP contribution in [0.2, 0.25) is 5.02 Å². The molecule has 7 heteroatoms. The highest BCUT2D eigenvalue weighted by Crippen LogP contribution is 2.28. The molecule has 1 N–H and O–H groups in total. The second-order valence-electron chi connectivity index (χ2n) is 9.57. The first-order valence-corrected chi connectivity index (χ1v) is 14.0. The van der Waals surface area contributed by atoms with E-state index in [-0.39, 0.29) is 18.4 Å². The van der Waals surface area contributed by atoms with E-state index in [4.69, 9.17) is 16.7 Å². The number of aromatic nitrogens is 2. The van der Waals surface area contributed by atoms with Gasteiger partial charge in [-0.25, -0.2) is 4.68 Å². The average molecular weight is 543 g/mol. The van der Waals surface area contributed by atoms with E-state index in [1.807, 2.05) is 78.9 Å². The fourth-order valence-electron chi connectivity index (χ4n) is 4.36. The molecule has 0 saturated heterocycles. The fraction of sp³-hybridized carbons (Fsp3) is 0.281. The number of anilines is 1. The predicted molar refractivity (Wildman–Crippen MR) is 159 cm³/mol. The number of nitrogens with one attached hydrogen (secondary N) is 1. The van der Waals surface area contributed by atoms with Crippen molar-refractivity contribution in [2.24, 2.45) is 0 Å². The zero-order chi connectivity index (χ0) is 27.6. The maximum atomic E-state index is 13.4. The normalized spacial score (nSPS) is 10.8. The number of benzene rings is 3. The maximum Gasteiger partial charge on any atom is 0.254 e. The van der Waals surface area contributed by atoms with Gasteiger partial charge in [-0.05, 0) is 49.1 Å². The zero-order valence-corrected chi connectivity index (χ0v) is 23.3. The van der Waals surface area contributed by atoms with Gasteiger partial charge in [0.2, 0.25) is 5.91 Å². The minimum absolute atomic E-state index is 0.0647. The second kappa shape index (κ2) is 13.8. The summed E-state index contributed by atoms with van der Waals surface area (Å²) < 4.78 is 1.63. The van der Waals surface area contributed by atoms with Crippen LogP contribution in [0.3, 0.4) is 0 Å². The van der Waals surface area contributed by atoms with Crippen molar-refractivity contribution in [2.45, 2.75) is 46.0 Å². The van der Waals surface area contributed by atoms with Gasteiger partial charge >= 0.3 is 0 Å². The third-order valence-electron chi connectivity index (χ3n) is 6.55. The van der Waals surface area contributed by atoms with Gasteiger partial charge < -0.3 is 10.2 Å². The van der Waals surface area contributed by atoms with Crippen LogP contribution in [0.15, 0.2) is 84.9 Å². The van der Waals surface area contributed by atoms with Gasteiger partial charge in [0.05, 0.1) is 16.4 Å². The quantitative estimate of drug-likeness (QED) is 0.202. The highest BCUT2D eigenvalue weighted by molar-refractivity contribution is 6.32. The standard InChI is InChI=1S/C32H35ClN4O2/c1-3-5-12-24-17-19-26(20-18-24)32(39)36(21-6-4-2)23-31(38)34-30-22-28(25-13-8-7-9-14-25)35-37(30)29-16-11-10-15-27(29)33/h7-11,13-20,22H,3-6,12,21,23H2,1-2H3,(H,34,38). The Kier molecular flexibility index (Phi) is 9.92. The summed E-state index contributed by atoms with van der Waals surface area (Å²) in [5.74, 6) is 0.0344. The summed E-state index contributed by atoms with van der Waals surface area (Å²) in [5, 5.41) is 8.24. The van der Waals surface area contributed by atoms with Crippen LogP contribution in [0.25, 0.3) is 16.9 Å². The van der Waals surface area contributed by atoms with Crippen molar-refractivity contribution < 1.29 is 9.59 Å². The molecule has 0 spiro atoms. The Morgan fingerprint density at radius 1 is 0.897 bits per heavy atom. The molecular formula is C32H35ClN4O2. The summed E-state index contributed by atoms with van der Waals surface area (Å²) in [6, 6.07) is 26.7. The Labute approximate surface area is 235 Å². The van der Waals surface area contributed by atoms with Crippen molar-refractivity contribution in [2.75, 3.05) is 18.4 Å². The summed E-state index contributed by atoms with van der Waals surface area (Å²) >= 11 is 6.49. The molecule has 0 aliphatic carbocycles. The van der Waals surface area contributed by atoms with Crippen molar-refractivity contribution in [1.29, 1.82) is 0 Å². The molecule has 2 amide bonds. The van der Waals surface area contributed by atoms with E-state index in [9.17, 15) is 9.59 Å². The van der Waals surface area contributed by atoms with Crippen LogP contribution >= 0.6 is 11.6 Å². The number of amides is 2. The molecule has 202 valence electrons. The predicted octanol–water partition coefficient (Wildman–Crippen LogP) is 7.42. The van der Waals surface area contributed by atoms with Gasteiger partial charge in [0.1, 0.15) is 12.4 Å². The molecule has 0 radical (unpaired) electrons. The summed E-state index contributed by atoms with van der Waals surface area (Å²) in [4.78, 5) is 28.3. The number of halogens is 1. The minimum Gasteiger partial charge on any atom is -0.329 e. The average Bonchev–Trinajstić information content (AvgIpc) is 3.38. The van der Waals surface area contributed by atoms with Gasteiger partial charge in [-0.2, -0.15) is 5.10 Å². The number of carbonyl (C=O) groups excluding carboxylic acids is 2. The summed E-state index contributed by atoms with van der Waals surface area (Å²) in [6.07, 6.45) is 4.97. The van der Waals surface area contributed by atoms with E-state index in [0.717, 1.165) is 37.7 Å². The molecule has 0 fully saturated rings. The van der Waals surface area contributed by atoms with E-state index >= 15 is 0 Å². The third-order valence-corrected chi connectivity index (χ3v) is 6.87. The van der Waals surface area contributed by atoms with Crippen molar-refractivity contribution in [3.63, 3.8) is 0 Å². The van der Waals surface area contributed by atoms with Crippen molar-refractivity contribution >= 4 is 29.2 Å². The van der Waals surface area contributed by atoms with E-state index in [2.05, 4.69) is 19.2 Å². The van der Waals surface area contributed by atoms with Gasteiger partial charge in [0.25, 0.3) is 5.91 Å². The molecule has 0 bridgehead atoms.